The number of nitrogens with one attached hydrogen (secondary N) is 1. The predicted octanol–water partition coefficient (Wildman–Crippen LogP) is 1.46. The number of benzene rings is 1. The first-order chi connectivity index (χ1) is 9.43. The molecule has 0 saturated carbocycles. The van der Waals surface area contributed by atoms with Crippen LogP contribution >= 0.6 is 0 Å². The maximum atomic E-state index is 11.9. The van der Waals surface area contributed by atoms with Crippen LogP contribution in [0.1, 0.15) is 20.3 Å². The molecule has 0 aliphatic rings. The van der Waals surface area contributed by atoms with Crippen LogP contribution in [0.25, 0.3) is 0 Å². The molecular formula is C14H20N2O4. The average Bonchev–Trinajstić information content (AvgIpc) is 2.43. The van der Waals surface area contributed by atoms with Gasteiger partial charge in [-0.05, 0) is 18.1 Å². The van der Waals surface area contributed by atoms with E-state index < -0.39 is 18.6 Å². The molecule has 6 heteroatoms. The molecule has 4 N–H and O–H groups in total. The minimum absolute atomic E-state index is 0.0847. The topological polar surface area (TPSA) is 102 Å². The molecule has 0 fully saturated rings. The van der Waals surface area contributed by atoms with Crippen molar-refractivity contribution in [1.82, 2.24) is 0 Å². The third-order valence-electron chi connectivity index (χ3n) is 3.02. The summed E-state index contributed by atoms with van der Waals surface area (Å²) in [6, 6.07) is 5.96. The molecule has 20 heavy (non-hydrogen) atoms. The zero-order valence-electron chi connectivity index (χ0n) is 11.6. The van der Waals surface area contributed by atoms with E-state index in [0.29, 0.717) is 11.4 Å². The van der Waals surface area contributed by atoms with E-state index in [1.165, 1.54) is 0 Å². The number of carbonyl (C=O) groups is 2. The van der Waals surface area contributed by atoms with Gasteiger partial charge in [0.05, 0.1) is 6.04 Å². The van der Waals surface area contributed by atoms with E-state index in [9.17, 15) is 9.59 Å². The summed E-state index contributed by atoms with van der Waals surface area (Å²) >= 11 is 0. The fraction of sp³-hybridized carbons (Fsp3) is 0.429. The maximum absolute atomic E-state index is 11.9. The minimum atomic E-state index is -1.06. The van der Waals surface area contributed by atoms with E-state index in [4.69, 9.17) is 15.6 Å². The quantitative estimate of drug-likeness (QED) is 0.702. The van der Waals surface area contributed by atoms with Crippen molar-refractivity contribution in [3.05, 3.63) is 24.3 Å². The summed E-state index contributed by atoms with van der Waals surface area (Å²) in [5.41, 5.74) is 6.36. The molecule has 0 heterocycles. The lowest BCUT2D eigenvalue weighted by atomic mass is 9.99. The zero-order valence-corrected chi connectivity index (χ0v) is 11.6. The Morgan fingerprint density at radius 1 is 1.45 bits per heavy atom. The molecule has 2 atom stereocenters. The summed E-state index contributed by atoms with van der Waals surface area (Å²) in [5, 5.41) is 11.2. The van der Waals surface area contributed by atoms with Crippen LogP contribution in [-0.4, -0.2) is 29.6 Å². The molecule has 0 saturated heterocycles. The molecule has 0 aliphatic heterocycles. The molecule has 1 amide bonds. The highest BCUT2D eigenvalue weighted by atomic mass is 16.5. The maximum Gasteiger partial charge on any atom is 0.341 e. The molecule has 1 aromatic carbocycles. The number of carbonyl (C=O) groups excluding carboxylic acids is 1. The molecular weight excluding hydrogens is 260 g/mol. The first kappa shape index (κ1) is 16.0. The molecule has 6 nitrogen and oxygen atoms in total. The van der Waals surface area contributed by atoms with E-state index in [0.717, 1.165) is 6.42 Å². The van der Waals surface area contributed by atoms with Gasteiger partial charge >= 0.3 is 5.97 Å². The van der Waals surface area contributed by atoms with Crippen LogP contribution in [0, 0.1) is 5.92 Å². The van der Waals surface area contributed by atoms with Crippen molar-refractivity contribution in [2.75, 3.05) is 11.9 Å². The van der Waals surface area contributed by atoms with Crippen LogP contribution in [0.15, 0.2) is 24.3 Å². The van der Waals surface area contributed by atoms with Crippen molar-refractivity contribution in [1.29, 1.82) is 0 Å². The lowest BCUT2D eigenvalue weighted by Crippen LogP contribution is -2.40. The Kier molecular flexibility index (Phi) is 5.99. The normalized spacial score (nSPS) is 13.3. The Morgan fingerprint density at radius 2 is 2.15 bits per heavy atom. The van der Waals surface area contributed by atoms with E-state index in [1.807, 2.05) is 13.8 Å². The smallest absolute Gasteiger partial charge is 0.341 e. The van der Waals surface area contributed by atoms with Crippen molar-refractivity contribution in [2.45, 2.75) is 26.3 Å². The van der Waals surface area contributed by atoms with Crippen LogP contribution in [0.5, 0.6) is 5.75 Å². The Balaban J connectivity index is 2.66. The monoisotopic (exact) mass is 280 g/mol. The first-order valence-corrected chi connectivity index (χ1v) is 6.45. The molecule has 0 bridgehead atoms. The number of carboxylic acids is 1. The summed E-state index contributed by atoms with van der Waals surface area (Å²) in [4.78, 5) is 22.3. The number of carboxylic acid groups (broad SMARTS) is 1. The van der Waals surface area contributed by atoms with Gasteiger partial charge in [0.25, 0.3) is 0 Å². The number of hydrogen-bond acceptors (Lipinski definition) is 4. The van der Waals surface area contributed by atoms with Gasteiger partial charge in [-0.3, -0.25) is 4.79 Å². The lowest BCUT2D eigenvalue weighted by molar-refractivity contribution is -0.139. The fourth-order valence-corrected chi connectivity index (χ4v) is 1.55. The van der Waals surface area contributed by atoms with Crippen LogP contribution < -0.4 is 15.8 Å². The summed E-state index contributed by atoms with van der Waals surface area (Å²) in [7, 11) is 0. The van der Waals surface area contributed by atoms with Gasteiger partial charge in [0.1, 0.15) is 5.75 Å². The van der Waals surface area contributed by atoms with Gasteiger partial charge < -0.3 is 20.9 Å². The van der Waals surface area contributed by atoms with Gasteiger partial charge in [0.2, 0.25) is 5.91 Å². The Bertz CT molecular complexity index is 476. The van der Waals surface area contributed by atoms with Crippen molar-refractivity contribution in [3.63, 3.8) is 0 Å². The number of anilines is 1. The lowest BCUT2D eigenvalue weighted by Gasteiger charge is -2.18. The second kappa shape index (κ2) is 7.49. The summed E-state index contributed by atoms with van der Waals surface area (Å²) in [6.07, 6.45) is 0.816. The number of amides is 1. The molecule has 0 aromatic heterocycles. The molecule has 1 rings (SSSR count). The van der Waals surface area contributed by atoms with Gasteiger partial charge in [0.15, 0.2) is 6.61 Å². The third-order valence-corrected chi connectivity index (χ3v) is 3.02. The average molecular weight is 280 g/mol. The number of hydrogen-bond donors (Lipinski definition) is 3. The molecule has 110 valence electrons. The Labute approximate surface area is 117 Å². The zero-order chi connectivity index (χ0) is 15.1. The number of aliphatic carboxylic acids is 1. The van der Waals surface area contributed by atoms with Crippen molar-refractivity contribution >= 4 is 17.6 Å². The van der Waals surface area contributed by atoms with E-state index >= 15 is 0 Å². The summed E-state index contributed by atoms with van der Waals surface area (Å²) < 4.78 is 5.04. The number of rotatable bonds is 7. The molecule has 0 radical (unpaired) electrons. The second-order valence-electron chi connectivity index (χ2n) is 4.61. The van der Waals surface area contributed by atoms with Gasteiger partial charge in [-0.25, -0.2) is 4.79 Å². The van der Waals surface area contributed by atoms with Crippen LogP contribution in [0.2, 0.25) is 0 Å². The standard InChI is InChI=1S/C14H20N2O4/c1-3-9(2)13(15)14(19)16-10-5-4-6-11(7-10)20-8-12(17)18/h4-7,9,13H,3,8,15H2,1-2H3,(H,16,19)(H,17,18). The Morgan fingerprint density at radius 3 is 2.75 bits per heavy atom. The number of nitrogens with two attached hydrogens (primary N) is 1. The number of ether oxygens (including phenoxy) is 1. The summed E-state index contributed by atoms with van der Waals surface area (Å²) in [6.45, 7) is 3.46. The SMILES string of the molecule is CCC(C)C(N)C(=O)Nc1cccc(OCC(=O)O)c1. The van der Waals surface area contributed by atoms with E-state index in [2.05, 4.69) is 5.32 Å². The van der Waals surface area contributed by atoms with Crippen LogP contribution in [0.3, 0.4) is 0 Å². The molecule has 0 aliphatic carbocycles. The Hall–Kier alpha value is -2.08. The van der Waals surface area contributed by atoms with Crippen molar-refractivity contribution in [3.8, 4) is 5.75 Å². The second-order valence-corrected chi connectivity index (χ2v) is 4.61. The molecule has 1 aromatic rings. The minimum Gasteiger partial charge on any atom is -0.482 e. The molecule has 0 spiro atoms. The van der Waals surface area contributed by atoms with Crippen LogP contribution in [-0.2, 0) is 9.59 Å². The van der Waals surface area contributed by atoms with Gasteiger partial charge in [-0.15, -0.1) is 0 Å². The fourth-order valence-electron chi connectivity index (χ4n) is 1.55. The van der Waals surface area contributed by atoms with Gasteiger partial charge in [-0.1, -0.05) is 26.3 Å². The van der Waals surface area contributed by atoms with Crippen LogP contribution in [0.4, 0.5) is 5.69 Å². The van der Waals surface area contributed by atoms with Crippen molar-refractivity contribution < 1.29 is 19.4 Å². The highest BCUT2D eigenvalue weighted by molar-refractivity contribution is 5.95. The van der Waals surface area contributed by atoms with E-state index in [1.54, 1.807) is 24.3 Å². The summed E-state index contributed by atoms with van der Waals surface area (Å²) in [5.74, 6) is -0.864. The highest BCUT2D eigenvalue weighted by Gasteiger charge is 2.19. The molecule has 2 unspecified atom stereocenters. The van der Waals surface area contributed by atoms with Crippen molar-refractivity contribution in [2.24, 2.45) is 11.7 Å². The largest absolute Gasteiger partial charge is 0.482 e. The third kappa shape index (κ3) is 4.89. The van der Waals surface area contributed by atoms with Gasteiger partial charge in [0, 0.05) is 11.8 Å². The predicted molar refractivity (Wildman–Crippen MR) is 75.6 cm³/mol. The van der Waals surface area contributed by atoms with E-state index in [-0.39, 0.29) is 11.8 Å². The van der Waals surface area contributed by atoms with Gasteiger partial charge in [-0.2, -0.15) is 0 Å². The highest BCUT2D eigenvalue weighted by Crippen LogP contribution is 2.18. The first-order valence-electron chi connectivity index (χ1n) is 6.45.